The van der Waals surface area contributed by atoms with Gasteiger partial charge in [0.15, 0.2) is 5.78 Å². The fourth-order valence-corrected chi connectivity index (χ4v) is 3.24. The van der Waals surface area contributed by atoms with Crippen LogP contribution in [0.2, 0.25) is 0 Å². The second-order valence-electron chi connectivity index (χ2n) is 6.43. The normalized spacial score (nSPS) is 14.8. The lowest BCUT2D eigenvalue weighted by Crippen LogP contribution is -2.56. The van der Waals surface area contributed by atoms with Gasteiger partial charge in [-0.05, 0) is 46.0 Å². The number of nitrogens with zero attached hydrogens (tertiary/aromatic N) is 1. The minimum Gasteiger partial charge on any atom is -0.351 e. The van der Waals surface area contributed by atoms with Crippen LogP contribution in [0, 0.1) is 5.92 Å². The summed E-state index contributed by atoms with van der Waals surface area (Å²) >= 11 is 5.47. The van der Waals surface area contributed by atoms with E-state index in [4.69, 9.17) is 12.2 Å². The Bertz CT molecular complexity index is 325. The average molecular weight is 300 g/mol. The summed E-state index contributed by atoms with van der Waals surface area (Å²) in [6.45, 7) is 14.8. The van der Waals surface area contributed by atoms with Gasteiger partial charge < -0.3 is 4.90 Å². The smallest absolute Gasteiger partial charge is 0.157 e. The van der Waals surface area contributed by atoms with Crippen molar-refractivity contribution in [1.29, 1.82) is 0 Å². The summed E-state index contributed by atoms with van der Waals surface area (Å²) in [5.41, 5.74) is -0.490. The molecule has 3 heteroatoms. The van der Waals surface area contributed by atoms with Gasteiger partial charge in [0.1, 0.15) is 0 Å². The lowest BCUT2D eigenvalue weighted by Gasteiger charge is -2.44. The molecule has 0 aromatic heterocycles. The molecule has 0 rings (SSSR count). The van der Waals surface area contributed by atoms with Crippen LogP contribution in [-0.4, -0.2) is 27.3 Å². The van der Waals surface area contributed by atoms with Crippen molar-refractivity contribution in [2.45, 2.75) is 92.2 Å². The molecule has 0 amide bonds. The summed E-state index contributed by atoms with van der Waals surface area (Å²) in [5.74, 6) is 0.959. The molecule has 0 heterocycles. The Hall–Kier alpha value is -0.440. The molecule has 0 aromatic rings. The van der Waals surface area contributed by atoms with Crippen molar-refractivity contribution in [2.75, 3.05) is 0 Å². The number of carbonyl (C=O) groups excluding carboxylic acids is 1. The van der Waals surface area contributed by atoms with Crippen molar-refractivity contribution < 1.29 is 4.79 Å². The van der Waals surface area contributed by atoms with Crippen molar-refractivity contribution in [1.82, 2.24) is 4.90 Å². The molecule has 0 radical (unpaired) electrons. The molecule has 0 bridgehead atoms. The number of ketones is 1. The van der Waals surface area contributed by atoms with Crippen LogP contribution in [0.3, 0.4) is 0 Å². The molecular weight excluding hydrogens is 266 g/mol. The molecule has 2 unspecified atom stereocenters. The van der Waals surface area contributed by atoms with Crippen LogP contribution >= 0.6 is 12.2 Å². The van der Waals surface area contributed by atoms with Gasteiger partial charge in [-0.1, -0.05) is 46.3 Å². The summed E-state index contributed by atoms with van der Waals surface area (Å²) in [5, 5.41) is 0. The van der Waals surface area contributed by atoms with Gasteiger partial charge in [-0.15, -0.1) is 0 Å². The Labute approximate surface area is 131 Å². The zero-order valence-electron chi connectivity index (χ0n) is 14.5. The molecule has 118 valence electrons. The predicted molar refractivity (Wildman–Crippen MR) is 92.3 cm³/mol. The van der Waals surface area contributed by atoms with E-state index in [1.807, 2.05) is 20.8 Å². The van der Waals surface area contributed by atoms with E-state index in [0.29, 0.717) is 24.2 Å². The third-order valence-electron chi connectivity index (χ3n) is 4.31. The van der Waals surface area contributed by atoms with Crippen molar-refractivity contribution in [3.63, 3.8) is 0 Å². The van der Waals surface area contributed by atoms with Crippen LogP contribution in [0.4, 0.5) is 0 Å². The van der Waals surface area contributed by atoms with Crippen LogP contribution in [0.1, 0.15) is 80.6 Å². The SMILES string of the molecule is CCCC(=O)C(C)(C)N(C(C)=S)C(CC)CC(C)CC. The van der Waals surface area contributed by atoms with Gasteiger partial charge in [0, 0.05) is 12.5 Å². The van der Waals surface area contributed by atoms with Gasteiger partial charge >= 0.3 is 0 Å². The van der Waals surface area contributed by atoms with E-state index in [0.717, 1.165) is 24.3 Å². The van der Waals surface area contributed by atoms with Crippen molar-refractivity contribution in [3.8, 4) is 0 Å². The molecular formula is C17H33NOS. The van der Waals surface area contributed by atoms with Crippen molar-refractivity contribution >= 4 is 23.0 Å². The fourth-order valence-electron chi connectivity index (χ4n) is 2.86. The molecule has 0 aliphatic heterocycles. The molecule has 0 aliphatic carbocycles. The highest BCUT2D eigenvalue weighted by atomic mass is 32.1. The zero-order chi connectivity index (χ0) is 15.9. The highest BCUT2D eigenvalue weighted by Crippen LogP contribution is 2.27. The molecule has 20 heavy (non-hydrogen) atoms. The van der Waals surface area contributed by atoms with Crippen LogP contribution in [0.5, 0.6) is 0 Å². The Morgan fingerprint density at radius 3 is 2.10 bits per heavy atom. The van der Waals surface area contributed by atoms with E-state index in [1.165, 1.54) is 6.42 Å². The Morgan fingerprint density at radius 2 is 1.75 bits per heavy atom. The highest BCUT2D eigenvalue weighted by Gasteiger charge is 2.37. The number of Topliss-reactive ketones (excluding diaryl/α,β-unsaturated/α-hetero) is 1. The first-order valence-electron chi connectivity index (χ1n) is 8.05. The number of hydrogen-bond donors (Lipinski definition) is 0. The first kappa shape index (κ1) is 19.6. The van der Waals surface area contributed by atoms with Crippen molar-refractivity contribution in [3.05, 3.63) is 0 Å². The lowest BCUT2D eigenvalue weighted by atomic mass is 9.88. The molecule has 2 atom stereocenters. The van der Waals surface area contributed by atoms with Gasteiger partial charge in [0.05, 0.1) is 10.5 Å². The first-order chi connectivity index (χ1) is 9.22. The average Bonchev–Trinajstić information content (AvgIpc) is 2.37. The molecule has 0 aliphatic rings. The summed E-state index contributed by atoms with van der Waals surface area (Å²) in [4.78, 5) is 15.5. The maximum absolute atomic E-state index is 12.5. The van der Waals surface area contributed by atoms with Gasteiger partial charge in [-0.3, -0.25) is 4.79 Å². The second kappa shape index (κ2) is 8.76. The third-order valence-corrected chi connectivity index (χ3v) is 4.51. The van der Waals surface area contributed by atoms with E-state index >= 15 is 0 Å². The molecule has 0 spiro atoms. The summed E-state index contributed by atoms with van der Waals surface area (Å²) in [6.07, 6.45) is 4.83. The first-order valence-corrected chi connectivity index (χ1v) is 8.46. The second-order valence-corrected chi connectivity index (χ2v) is 7.02. The number of thiocarbonyl (C=S) groups is 1. The Morgan fingerprint density at radius 1 is 1.20 bits per heavy atom. The summed E-state index contributed by atoms with van der Waals surface area (Å²) < 4.78 is 0. The maximum Gasteiger partial charge on any atom is 0.157 e. The molecule has 0 saturated heterocycles. The van der Waals surface area contributed by atoms with Gasteiger partial charge in [-0.25, -0.2) is 0 Å². The van der Waals surface area contributed by atoms with Crippen molar-refractivity contribution in [2.24, 2.45) is 5.92 Å². The lowest BCUT2D eigenvalue weighted by molar-refractivity contribution is -0.128. The number of hydrogen-bond acceptors (Lipinski definition) is 2. The monoisotopic (exact) mass is 299 g/mol. The van der Waals surface area contributed by atoms with E-state index in [9.17, 15) is 4.79 Å². The standard InChI is InChI=1S/C17H33NOS/c1-8-11-16(19)17(6,7)18(14(5)20)15(10-3)12-13(4)9-2/h13,15H,8-12H2,1-7H3. The number of carbonyl (C=O) groups is 1. The third kappa shape index (κ3) is 5.16. The predicted octanol–water partition coefficient (Wildman–Crippen LogP) is 5.00. The van der Waals surface area contributed by atoms with Crippen LogP contribution in [0.25, 0.3) is 0 Å². The van der Waals surface area contributed by atoms with Gasteiger partial charge in [0.25, 0.3) is 0 Å². The Balaban J connectivity index is 5.28. The fraction of sp³-hybridized carbons (Fsp3) is 0.882. The van der Waals surface area contributed by atoms with Crippen LogP contribution < -0.4 is 0 Å². The van der Waals surface area contributed by atoms with E-state index in [2.05, 4.69) is 32.6 Å². The van der Waals surface area contributed by atoms with E-state index in [1.54, 1.807) is 0 Å². The zero-order valence-corrected chi connectivity index (χ0v) is 15.3. The molecule has 0 N–H and O–H groups in total. The molecule has 2 nitrogen and oxygen atoms in total. The molecule has 0 fully saturated rings. The van der Waals surface area contributed by atoms with Gasteiger partial charge in [-0.2, -0.15) is 0 Å². The van der Waals surface area contributed by atoms with Gasteiger partial charge in [0.2, 0.25) is 0 Å². The number of rotatable bonds is 9. The summed E-state index contributed by atoms with van der Waals surface area (Å²) in [7, 11) is 0. The maximum atomic E-state index is 12.5. The minimum atomic E-state index is -0.490. The van der Waals surface area contributed by atoms with E-state index in [-0.39, 0.29) is 0 Å². The Kier molecular flexibility index (Phi) is 8.57. The summed E-state index contributed by atoms with van der Waals surface area (Å²) in [6, 6.07) is 0.359. The quantitative estimate of drug-likeness (QED) is 0.559. The molecule has 0 aromatic carbocycles. The molecule has 0 saturated carbocycles. The largest absolute Gasteiger partial charge is 0.351 e. The van der Waals surface area contributed by atoms with Crippen LogP contribution in [0.15, 0.2) is 0 Å². The van der Waals surface area contributed by atoms with E-state index < -0.39 is 5.54 Å². The highest BCUT2D eigenvalue weighted by molar-refractivity contribution is 7.80. The van der Waals surface area contributed by atoms with Crippen LogP contribution in [-0.2, 0) is 4.79 Å². The topological polar surface area (TPSA) is 20.3 Å². The minimum absolute atomic E-state index is 0.298.